The van der Waals surface area contributed by atoms with E-state index in [2.05, 4.69) is 24.7 Å². The second kappa shape index (κ2) is 11.1. The highest BCUT2D eigenvalue weighted by molar-refractivity contribution is 8.00. The van der Waals surface area contributed by atoms with Crippen LogP contribution in [0.2, 0.25) is 0 Å². The number of nitrogens with two attached hydrogens (primary N) is 1. The average Bonchev–Trinajstić information content (AvgIpc) is 3.22. The summed E-state index contributed by atoms with van der Waals surface area (Å²) in [7, 11) is 0. The second-order valence-electron chi connectivity index (χ2n) is 7.44. The first-order valence-electron chi connectivity index (χ1n) is 10.0. The van der Waals surface area contributed by atoms with Gasteiger partial charge in [0.1, 0.15) is 35.9 Å². The normalized spacial score (nSPS) is 19.6. The summed E-state index contributed by atoms with van der Waals surface area (Å²) in [4.78, 5) is 68.8. The van der Waals surface area contributed by atoms with Crippen molar-refractivity contribution in [2.75, 3.05) is 24.7 Å². The fraction of sp³-hybridized carbons (Fsp3) is 0.444. The smallest absolute Gasteiger partial charge is 0.425 e. The van der Waals surface area contributed by atoms with Gasteiger partial charge in [-0.05, 0) is 6.92 Å². The molecule has 4 N–H and O–H groups in total. The highest BCUT2D eigenvalue weighted by Crippen LogP contribution is 2.40. The Bertz CT molecular complexity index is 1200. The number of esters is 1. The van der Waals surface area contributed by atoms with Gasteiger partial charge in [0.2, 0.25) is 18.1 Å². The van der Waals surface area contributed by atoms with Crippen molar-refractivity contribution in [2.24, 2.45) is 5.16 Å². The number of rotatable bonds is 10. The lowest BCUT2D eigenvalue weighted by Crippen LogP contribution is -2.71. The predicted octanol–water partition coefficient (Wildman–Crippen LogP) is -0.336. The zero-order valence-corrected chi connectivity index (χ0v) is 20.2. The number of nitrogens with one attached hydrogen (secondary N) is 1. The van der Waals surface area contributed by atoms with Crippen LogP contribution in [-0.4, -0.2) is 91.2 Å². The summed E-state index contributed by atoms with van der Waals surface area (Å²) in [5.74, 6) is -5.27. The van der Waals surface area contributed by atoms with Crippen molar-refractivity contribution >= 4 is 63.7 Å². The van der Waals surface area contributed by atoms with Gasteiger partial charge >= 0.3 is 18.1 Å². The van der Waals surface area contributed by atoms with Crippen molar-refractivity contribution in [1.29, 1.82) is 0 Å². The summed E-state index contributed by atoms with van der Waals surface area (Å²) >= 11 is 1.67. The van der Waals surface area contributed by atoms with Gasteiger partial charge in [-0.2, -0.15) is 22.5 Å². The number of aliphatic carboxylic acids is 1. The number of hydrogen-bond acceptors (Lipinski definition) is 13. The third kappa shape index (κ3) is 6.73. The minimum Gasteiger partial charge on any atom is -0.477 e. The molecule has 3 rings (SSSR count). The summed E-state index contributed by atoms with van der Waals surface area (Å²) in [6, 6.07) is -1.28. The van der Waals surface area contributed by atoms with E-state index in [1.54, 1.807) is 0 Å². The van der Waals surface area contributed by atoms with Gasteiger partial charge in [0, 0.05) is 22.9 Å². The van der Waals surface area contributed by atoms with E-state index in [0.29, 0.717) is 11.5 Å². The Morgan fingerprint density at radius 1 is 1.32 bits per heavy atom. The molecule has 0 radical (unpaired) electrons. The number of β-lactam (4-membered cyclic amide) rings is 1. The first kappa shape index (κ1) is 27.8. The molecule has 1 fully saturated rings. The number of carbonyl (C=O) groups is 5. The highest BCUT2D eigenvalue weighted by atomic mass is 32.2. The molecule has 1 unspecified atom stereocenters. The van der Waals surface area contributed by atoms with E-state index in [1.165, 1.54) is 6.92 Å². The fourth-order valence-corrected chi connectivity index (χ4v) is 4.87. The molecule has 1 aromatic rings. The summed E-state index contributed by atoms with van der Waals surface area (Å²) in [6.45, 7) is -1.11. The van der Waals surface area contributed by atoms with Gasteiger partial charge in [-0.3, -0.25) is 24.1 Å². The maximum Gasteiger partial charge on any atom is 0.425 e. The summed E-state index contributed by atoms with van der Waals surface area (Å²) < 4.78 is 45.9. The number of halogens is 3. The number of carboxylic acids is 1. The maximum absolute atomic E-state index is 12.8. The number of amides is 2. The Balaban J connectivity index is 1.75. The molecular formula is C18H17F3N6O8S2. The Morgan fingerprint density at radius 3 is 2.59 bits per heavy atom. The first-order valence-corrected chi connectivity index (χ1v) is 11.8. The third-order valence-electron chi connectivity index (χ3n) is 4.59. The molecule has 1 aromatic heterocycles. The minimum atomic E-state index is -4.75. The van der Waals surface area contributed by atoms with Crippen molar-refractivity contribution in [3.63, 3.8) is 0 Å². The number of ether oxygens (including phenoxy) is 1. The van der Waals surface area contributed by atoms with Gasteiger partial charge in [-0.15, -0.1) is 11.8 Å². The number of nitrogen functional groups attached to an aromatic ring is 1. The number of nitrogens with zero attached hydrogens (tertiary/aromatic N) is 4. The number of alkyl halides is 3. The van der Waals surface area contributed by atoms with E-state index in [1.807, 2.05) is 0 Å². The monoisotopic (exact) mass is 566 g/mol. The number of aromatic nitrogens is 2. The molecule has 2 atom stereocenters. The highest BCUT2D eigenvalue weighted by Gasteiger charge is 2.54. The molecule has 37 heavy (non-hydrogen) atoms. The SMILES string of the molecule is CC(=O)CC(=O)OCC1=C(C(=O)O)N2C(=O)C(NC(=O)C(=NOCC(F)(F)F)c3nsc(N)n3)[C@H]2SC1. The van der Waals surface area contributed by atoms with Crippen molar-refractivity contribution in [1.82, 2.24) is 19.6 Å². The minimum absolute atomic E-state index is 0.00435. The Labute approximate surface area is 213 Å². The van der Waals surface area contributed by atoms with Crippen LogP contribution >= 0.6 is 23.3 Å². The predicted molar refractivity (Wildman–Crippen MR) is 119 cm³/mol. The molecule has 2 aliphatic heterocycles. The van der Waals surface area contributed by atoms with Crippen LogP contribution < -0.4 is 11.1 Å². The van der Waals surface area contributed by atoms with E-state index in [-0.39, 0.29) is 16.5 Å². The van der Waals surface area contributed by atoms with E-state index < -0.39 is 84.0 Å². The summed E-state index contributed by atoms with van der Waals surface area (Å²) in [5, 5.41) is 14.0. The van der Waals surface area contributed by atoms with Crippen LogP contribution in [0.25, 0.3) is 0 Å². The summed E-state index contributed by atoms with van der Waals surface area (Å²) in [5.41, 5.74) is 4.31. The molecule has 14 nitrogen and oxygen atoms in total. The van der Waals surface area contributed by atoms with Crippen molar-refractivity contribution in [3.8, 4) is 0 Å². The Kier molecular flexibility index (Phi) is 8.36. The molecular weight excluding hydrogens is 549 g/mol. The molecule has 0 aromatic carbocycles. The van der Waals surface area contributed by atoms with Crippen LogP contribution in [-0.2, 0) is 33.5 Å². The molecule has 0 saturated carbocycles. The Hall–Kier alpha value is -3.74. The van der Waals surface area contributed by atoms with Gasteiger partial charge in [0.25, 0.3) is 11.8 Å². The number of carboxylic acid groups (broad SMARTS) is 1. The van der Waals surface area contributed by atoms with Crippen LogP contribution in [0.1, 0.15) is 19.2 Å². The number of Topliss-reactive ketones (excluding diaryl/α,β-unsaturated/α-hetero) is 1. The second-order valence-corrected chi connectivity index (χ2v) is 9.33. The maximum atomic E-state index is 12.8. The molecule has 2 aliphatic rings. The van der Waals surface area contributed by atoms with Crippen LogP contribution in [0.4, 0.5) is 18.3 Å². The molecule has 200 valence electrons. The van der Waals surface area contributed by atoms with Crippen molar-refractivity contribution in [3.05, 3.63) is 17.1 Å². The van der Waals surface area contributed by atoms with Crippen molar-refractivity contribution < 1.29 is 51.8 Å². The number of ketones is 1. The van der Waals surface area contributed by atoms with Gasteiger partial charge in [-0.25, -0.2) is 4.79 Å². The quantitative estimate of drug-likeness (QED) is 0.109. The number of carbonyl (C=O) groups excluding carboxylic acids is 4. The van der Waals surface area contributed by atoms with Crippen LogP contribution in [0, 0.1) is 0 Å². The van der Waals surface area contributed by atoms with Crippen LogP contribution in [0.15, 0.2) is 16.4 Å². The number of oxime groups is 1. The standard InChI is InChI=1S/C18H17F3N6O8S2/c1-6(28)2-8(29)34-3-7-4-36-15-10(14(31)27(15)11(7)16(32)33)23-13(30)9(12-24-17(22)37-26-12)25-35-5-18(19,20)21/h10,15H,2-5H2,1H3,(H,23,30)(H,32,33)(H2,22,24,26)/t10?,15-/m1/s1. The van der Waals surface area contributed by atoms with Gasteiger partial charge in [0.15, 0.2) is 5.13 Å². The van der Waals surface area contributed by atoms with Crippen molar-refractivity contribution in [2.45, 2.75) is 30.9 Å². The van der Waals surface area contributed by atoms with E-state index >= 15 is 0 Å². The topological polar surface area (TPSA) is 203 Å². The molecule has 19 heteroatoms. The average molecular weight is 566 g/mol. The molecule has 0 spiro atoms. The van der Waals surface area contributed by atoms with Crippen LogP contribution in [0.3, 0.4) is 0 Å². The van der Waals surface area contributed by atoms with E-state index in [9.17, 15) is 42.3 Å². The van der Waals surface area contributed by atoms with E-state index in [0.717, 1.165) is 16.7 Å². The molecule has 3 heterocycles. The number of thioether (sulfide) groups is 1. The van der Waals surface area contributed by atoms with Gasteiger partial charge in [0.05, 0.1) is 0 Å². The van der Waals surface area contributed by atoms with Gasteiger partial charge in [-0.1, -0.05) is 5.16 Å². The zero-order chi connectivity index (χ0) is 27.5. The lowest BCUT2D eigenvalue weighted by atomic mass is 10.0. The first-order chi connectivity index (χ1) is 17.3. The molecule has 1 saturated heterocycles. The lowest BCUT2D eigenvalue weighted by Gasteiger charge is -2.49. The third-order valence-corrected chi connectivity index (χ3v) is 6.47. The lowest BCUT2D eigenvalue weighted by molar-refractivity contribution is -0.174. The van der Waals surface area contributed by atoms with Gasteiger partial charge < -0.3 is 25.7 Å². The molecule has 0 bridgehead atoms. The van der Waals surface area contributed by atoms with E-state index in [4.69, 9.17) is 10.5 Å². The number of anilines is 1. The largest absolute Gasteiger partial charge is 0.477 e. The molecule has 0 aliphatic carbocycles. The Morgan fingerprint density at radius 2 is 2.03 bits per heavy atom. The summed E-state index contributed by atoms with van der Waals surface area (Å²) in [6.07, 6.45) is -5.25. The zero-order valence-electron chi connectivity index (χ0n) is 18.6. The number of hydrogen-bond donors (Lipinski definition) is 3. The van der Waals surface area contributed by atoms with Crippen LogP contribution in [0.5, 0.6) is 0 Å². The molecule has 2 amide bonds. The number of fused-ring (bicyclic) bond motifs is 1. The fourth-order valence-electron chi connectivity index (χ4n) is 3.11.